The minimum absolute atomic E-state index is 0.107. The summed E-state index contributed by atoms with van der Waals surface area (Å²) < 4.78 is 5.33. The zero-order chi connectivity index (χ0) is 19.4. The van der Waals surface area contributed by atoms with Crippen LogP contribution in [0.15, 0.2) is 18.2 Å². The zero-order valence-corrected chi connectivity index (χ0v) is 15.3. The molecule has 146 valence electrons. The van der Waals surface area contributed by atoms with E-state index in [1.165, 1.54) is 12.0 Å². The molecule has 0 radical (unpaired) electrons. The molecule has 3 rings (SSSR count). The number of rotatable bonds is 5. The van der Waals surface area contributed by atoms with Crippen molar-refractivity contribution in [2.75, 3.05) is 57.9 Å². The number of hydrogen-bond donors (Lipinski definition) is 2. The molecule has 0 unspecified atom stereocenters. The number of piperazine rings is 1. The van der Waals surface area contributed by atoms with Gasteiger partial charge in [0.15, 0.2) is 0 Å². The highest BCUT2D eigenvalue weighted by Crippen LogP contribution is 2.31. The molecule has 2 N–H and O–H groups in total. The number of aliphatic hydroxyl groups is 1. The number of carbonyl (C=O) groups is 3. The Kier molecular flexibility index (Phi) is 5.92. The largest absolute Gasteiger partial charge is 0.495 e. The van der Waals surface area contributed by atoms with Crippen LogP contribution in [0.3, 0.4) is 0 Å². The summed E-state index contributed by atoms with van der Waals surface area (Å²) in [6.45, 7) is 3.54. The van der Waals surface area contributed by atoms with Gasteiger partial charge in [0.05, 0.1) is 19.4 Å². The van der Waals surface area contributed by atoms with Crippen LogP contribution >= 0.6 is 0 Å². The normalized spacial score (nSPS) is 18.4. The van der Waals surface area contributed by atoms with Gasteiger partial charge in [-0.15, -0.1) is 0 Å². The lowest BCUT2D eigenvalue weighted by Gasteiger charge is -2.34. The second-order valence-electron chi connectivity index (χ2n) is 6.50. The summed E-state index contributed by atoms with van der Waals surface area (Å²) in [5.41, 5.74) is 0.929. The molecule has 0 atom stereocenters. The number of urea groups is 1. The van der Waals surface area contributed by atoms with Gasteiger partial charge in [0.1, 0.15) is 5.75 Å². The molecule has 9 nitrogen and oxygen atoms in total. The summed E-state index contributed by atoms with van der Waals surface area (Å²) in [6, 6.07) is 4.45. The van der Waals surface area contributed by atoms with E-state index in [0.29, 0.717) is 49.7 Å². The second-order valence-corrected chi connectivity index (χ2v) is 6.50. The highest BCUT2D eigenvalue weighted by atomic mass is 16.5. The van der Waals surface area contributed by atoms with Crippen molar-refractivity contribution in [1.82, 2.24) is 15.1 Å². The number of nitrogens with one attached hydrogen (secondary N) is 1. The Labute approximate surface area is 157 Å². The first kappa shape index (κ1) is 19.1. The Morgan fingerprint density at radius 2 is 1.93 bits per heavy atom. The van der Waals surface area contributed by atoms with Crippen molar-refractivity contribution >= 4 is 23.5 Å². The number of anilines is 1. The van der Waals surface area contributed by atoms with Gasteiger partial charge in [0.2, 0.25) is 5.91 Å². The van der Waals surface area contributed by atoms with Gasteiger partial charge in [-0.25, -0.2) is 4.79 Å². The van der Waals surface area contributed by atoms with Crippen LogP contribution in [0.5, 0.6) is 5.75 Å². The molecule has 1 aromatic carbocycles. The van der Waals surface area contributed by atoms with Crippen molar-refractivity contribution in [3.63, 3.8) is 0 Å². The minimum Gasteiger partial charge on any atom is -0.495 e. The third-order valence-corrected chi connectivity index (χ3v) is 4.85. The standard InChI is InChI=1S/C18H24N4O5/c1-27-15-3-2-13(12-14(15)22-5-4-16(24)19-18(22)26)17(25)21-8-6-20(7-9-21)10-11-23/h2-3,12,23H,4-11H2,1H3,(H,19,24,26). The summed E-state index contributed by atoms with van der Waals surface area (Å²) >= 11 is 0. The number of carbonyl (C=O) groups excluding carboxylic acids is 3. The monoisotopic (exact) mass is 376 g/mol. The molecule has 1 aromatic rings. The molecule has 0 saturated carbocycles. The lowest BCUT2D eigenvalue weighted by atomic mass is 10.1. The maximum Gasteiger partial charge on any atom is 0.328 e. The van der Waals surface area contributed by atoms with Crippen LogP contribution in [0.1, 0.15) is 16.8 Å². The Morgan fingerprint density at radius 3 is 2.56 bits per heavy atom. The lowest BCUT2D eigenvalue weighted by molar-refractivity contribution is -0.120. The minimum atomic E-state index is -0.522. The number of aliphatic hydroxyl groups excluding tert-OH is 1. The highest BCUT2D eigenvalue weighted by molar-refractivity contribution is 6.07. The van der Waals surface area contributed by atoms with Crippen LogP contribution in [0.2, 0.25) is 0 Å². The molecule has 0 bridgehead atoms. The number of imide groups is 1. The number of ether oxygens (including phenoxy) is 1. The van der Waals surface area contributed by atoms with Crippen LogP contribution in [0, 0.1) is 0 Å². The number of methoxy groups -OCH3 is 1. The van der Waals surface area contributed by atoms with Crippen LogP contribution in [0.25, 0.3) is 0 Å². The molecule has 4 amide bonds. The Morgan fingerprint density at radius 1 is 1.19 bits per heavy atom. The molecule has 2 aliphatic heterocycles. The SMILES string of the molecule is COc1ccc(C(=O)N2CCN(CCO)CC2)cc1N1CCC(=O)NC1=O. The molecule has 2 fully saturated rings. The number of β-amino-alcohol motifs (C(OH)–C–C–N with tert-alkyl or cyclic N) is 1. The summed E-state index contributed by atoms with van der Waals surface area (Å²) in [5, 5.41) is 11.3. The van der Waals surface area contributed by atoms with Gasteiger partial charge in [0, 0.05) is 51.3 Å². The van der Waals surface area contributed by atoms with Gasteiger partial charge in [-0.05, 0) is 18.2 Å². The summed E-state index contributed by atoms with van der Waals surface area (Å²) in [5.74, 6) is 0.0306. The molecule has 2 heterocycles. The van der Waals surface area contributed by atoms with Gasteiger partial charge in [-0.1, -0.05) is 0 Å². The van der Waals surface area contributed by atoms with Gasteiger partial charge in [-0.3, -0.25) is 24.7 Å². The first-order valence-electron chi connectivity index (χ1n) is 8.95. The highest BCUT2D eigenvalue weighted by Gasteiger charge is 2.28. The Bertz CT molecular complexity index is 730. The lowest BCUT2D eigenvalue weighted by Crippen LogP contribution is -2.50. The second kappa shape index (κ2) is 8.36. The smallest absolute Gasteiger partial charge is 0.328 e. The van der Waals surface area contributed by atoms with Crippen LogP contribution < -0.4 is 15.0 Å². The quantitative estimate of drug-likeness (QED) is 0.744. The van der Waals surface area contributed by atoms with E-state index >= 15 is 0 Å². The van der Waals surface area contributed by atoms with Gasteiger partial charge in [-0.2, -0.15) is 0 Å². The molecule has 2 saturated heterocycles. The van der Waals surface area contributed by atoms with Crippen molar-refractivity contribution in [2.45, 2.75) is 6.42 Å². The molecular formula is C18H24N4O5. The van der Waals surface area contributed by atoms with Gasteiger partial charge in [0.25, 0.3) is 5.91 Å². The maximum atomic E-state index is 12.9. The fraction of sp³-hybridized carbons (Fsp3) is 0.500. The van der Waals surface area contributed by atoms with E-state index in [2.05, 4.69) is 10.2 Å². The molecule has 0 aliphatic carbocycles. The van der Waals surface area contributed by atoms with Crippen molar-refractivity contribution in [2.24, 2.45) is 0 Å². The predicted octanol–water partition coefficient (Wildman–Crippen LogP) is -0.108. The summed E-state index contributed by atoms with van der Waals surface area (Å²) in [4.78, 5) is 41.7. The van der Waals surface area contributed by atoms with E-state index < -0.39 is 6.03 Å². The average molecular weight is 376 g/mol. The van der Waals surface area contributed by atoms with E-state index in [0.717, 1.165) is 0 Å². The average Bonchev–Trinajstić information content (AvgIpc) is 2.68. The fourth-order valence-electron chi connectivity index (χ4n) is 3.33. The van der Waals surface area contributed by atoms with Gasteiger partial charge >= 0.3 is 6.03 Å². The van der Waals surface area contributed by atoms with Gasteiger partial charge < -0.3 is 14.7 Å². The molecular weight excluding hydrogens is 352 g/mol. The van der Waals surface area contributed by atoms with E-state index in [-0.39, 0.29) is 31.4 Å². The van der Waals surface area contributed by atoms with E-state index in [4.69, 9.17) is 9.84 Å². The molecule has 27 heavy (non-hydrogen) atoms. The zero-order valence-electron chi connectivity index (χ0n) is 15.3. The molecule has 9 heteroatoms. The van der Waals surface area contributed by atoms with E-state index in [1.807, 2.05) is 0 Å². The fourth-order valence-corrected chi connectivity index (χ4v) is 3.33. The first-order valence-corrected chi connectivity index (χ1v) is 8.95. The predicted molar refractivity (Wildman–Crippen MR) is 97.9 cm³/mol. The molecule has 0 spiro atoms. The number of benzene rings is 1. The topological polar surface area (TPSA) is 102 Å². The number of amides is 4. The summed E-state index contributed by atoms with van der Waals surface area (Å²) in [6.07, 6.45) is 0.194. The molecule has 2 aliphatic rings. The van der Waals surface area contributed by atoms with Crippen LogP contribution in [0.4, 0.5) is 10.5 Å². The Hall–Kier alpha value is -2.65. The third-order valence-electron chi connectivity index (χ3n) is 4.85. The van der Waals surface area contributed by atoms with Crippen LogP contribution in [-0.2, 0) is 4.79 Å². The maximum absolute atomic E-state index is 12.9. The van der Waals surface area contributed by atoms with Crippen molar-refractivity contribution in [3.05, 3.63) is 23.8 Å². The number of hydrogen-bond acceptors (Lipinski definition) is 6. The summed E-state index contributed by atoms with van der Waals surface area (Å²) in [7, 11) is 1.49. The van der Waals surface area contributed by atoms with Crippen molar-refractivity contribution in [3.8, 4) is 5.75 Å². The van der Waals surface area contributed by atoms with Crippen LogP contribution in [-0.4, -0.2) is 85.7 Å². The van der Waals surface area contributed by atoms with E-state index in [9.17, 15) is 14.4 Å². The Balaban J connectivity index is 1.78. The molecule has 0 aromatic heterocycles. The first-order chi connectivity index (χ1) is 13.0. The van der Waals surface area contributed by atoms with E-state index in [1.54, 1.807) is 23.1 Å². The number of nitrogens with zero attached hydrogens (tertiary/aromatic N) is 3. The van der Waals surface area contributed by atoms with Crippen molar-refractivity contribution < 1.29 is 24.2 Å². The third kappa shape index (κ3) is 4.20. The van der Waals surface area contributed by atoms with Crippen molar-refractivity contribution in [1.29, 1.82) is 0 Å².